The van der Waals surface area contributed by atoms with Crippen molar-refractivity contribution >= 4 is 0 Å². The molecule has 84 valence electrons. The third-order valence-electron chi connectivity index (χ3n) is 3.34. The van der Waals surface area contributed by atoms with Crippen molar-refractivity contribution in [2.24, 2.45) is 5.73 Å². The second-order valence-corrected chi connectivity index (χ2v) is 4.39. The molecule has 0 amide bonds. The van der Waals surface area contributed by atoms with Crippen LogP contribution in [0.25, 0.3) is 0 Å². The molecule has 1 aromatic heterocycles. The lowest BCUT2D eigenvalue weighted by Gasteiger charge is -2.33. The molecule has 15 heavy (non-hydrogen) atoms. The van der Waals surface area contributed by atoms with Crippen LogP contribution in [0, 0.1) is 0 Å². The van der Waals surface area contributed by atoms with Crippen molar-refractivity contribution in [3.63, 3.8) is 0 Å². The number of likely N-dealkylation sites (tertiary alicyclic amines) is 1. The highest BCUT2D eigenvalue weighted by Gasteiger charge is 2.19. The molecule has 0 aromatic carbocycles. The predicted octanol–water partition coefficient (Wildman–Crippen LogP) is 2.11. The Hall–Kier alpha value is -0.800. The molecule has 3 nitrogen and oxygen atoms in total. The van der Waals surface area contributed by atoms with Crippen molar-refractivity contribution in [1.29, 1.82) is 0 Å². The summed E-state index contributed by atoms with van der Waals surface area (Å²) in [5, 5.41) is 0. The van der Waals surface area contributed by atoms with Gasteiger partial charge in [0.25, 0.3) is 0 Å². The summed E-state index contributed by atoms with van der Waals surface area (Å²) in [6.07, 6.45) is 5.74. The lowest BCUT2D eigenvalue weighted by molar-refractivity contribution is 0.151. The van der Waals surface area contributed by atoms with E-state index in [1.165, 1.54) is 31.4 Å². The molecule has 1 atom stereocenters. The Labute approximate surface area is 91.2 Å². The van der Waals surface area contributed by atoms with Crippen LogP contribution in [0.2, 0.25) is 0 Å². The second kappa shape index (κ2) is 4.81. The van der Waals surface area contributed by atoms with Crippen molar-refractivity contribution in [3.05, 3.63) is 23.7 Å². The zero-order valence-electron chi connectivity index (χ0n) is 9.41. The molecule has 2 N–H and O–H groups in total. The molecule has 1 fully saturated rings. The predicted molar refractivity (Wildman–Crippen MR) is 60.3 cm³/mol. The number of rotatable bonds is 3. The van der Waals surface area contributed by atoms with Crippen LogP contribution >= 0.6 is 0 Å². The van der Waals surface area contributed by atoms with E-state index in [4.69, 9.17) is 10.2 Å². The Morgan fingerprint density at radius 2 is 2.40 bits per heavy atom. The van der Waals surface area contributed by atoms with Gasteiger partial charge in [-0.3, -0.25) is 4.90 Å². The van der Waals surface area contributed by atoms with Gasteiger partial charge in [0.05, 0.1) is 12.8 Å². The summed E-state index contributed by atoms with van der Waals surface area (Å²) in [7, 11) is 0. The third-order valence-corrected chi connectivity index (χ3v) is 3.34. The Morgan fingerprint density at radius 3 is 3.13 bits per heavy atom. The molecule has 1 unspecified atom stereocenters. The number of hydrogen-bond acceptors (Lipinski definition) is 3. The summed E-state index contributed by atoms with van der Waals surface area (Å²) in [6, 6.07) is 2.74. The third kappa shape index (κ3) is 2.41. The first-order chi connectivity index (χ1) is 7.31. The van der Waals surface area contributed by atoms with E-state index >= 15 is 0 Å². The van der Waals surface area contributed by atoms with Crippen molar-refractivity contribution in [3.8, 4) is 0 Å². The maximum absolute atomic E-state index is 5.62. The fourth-order valence-electron chi connectivity index (χ4n) is 2.30. The Bertz CT molecular complexity index is 308. The molecule has 0 radical (unpaired) electrons. The standard InChI is InChI=1S/C12H20N2O/c1-10-4-2-3-6-14(10)9-11-5-7-15-12(11)8-13/h5,7,10H,2-4,6,8-9,13H2,1H3. The van der Waals surface area contributed by atoms with Crippen LogP contribution < -0.4 is 5.73 Å². The van der Waals surface area contributed by atoms with Crippen LogP contribution in [0.15, 0.2) is 16.7 Å². The molecule has 0 spiro atoms. The number of nitrogens with two attached hydrogens (primary N) is 1. The molecular formula is C12H20N2O. The topological polar surface area (TPSA) is 42.4 Å². The van der Waals surface area contributed by atoms with Crippen LogP contribution in [-0.2, 0) is 13.1 Å². The summed E-state index contributed by atoms with van der Waals surface area (Å²) < 4.78 is 5.34. The lowest BCUT2D eigenvalue weighted by Crippen LogP contribution is -2.36. The minimum atomic E-state index is 0.505. The summed E-state index contributed by atoms with van der Waals surface area (Å²) in [5.74, 6) is 0.938. The van der Waals surface area contributed by atoms with Gasteiger partial charge in [-0.15, -0.1) is 0 Å². The molecule has 2 heterocycles. The van der Waals surface area contributed by atoms with E-state index in [-0.39, 0.29) is 0 Å². The smallest absolute Gasteiger partial charge is 0.121 e. The van der Waals surface area contributed by atoms with Gasteiger partial charge < -0.3 is 10.2 Å². The Kier molecular flexibility index (Phi) is 3.44. The first kappa shape index (κ1) is 10.7. The van der Waals surface area contributed by atoms with E-state index in [9.17, 15) is 0 Å². The van der Waals surface area contributed by atoms with Gasteiger partial charge in [0, 0.05) is 18.2 Å². The summed E-state index contributed by atoms with van der Waals surface area (Å²) in [6.45, 7) is 5.01. The average molecular weight is 208 g/mol. The van der Waals surface area contributed by atoms with Crippen molar-refractivity contribution in [2.45, 2.75) is 45.3 Å². The van der Waals surface area contributed by atoms with Crippen LogP contribution in [0.5, 0.6) is 0 Å². The molecular weight excluding hydrogens is 188 g/mol. The van der Waals surface area contributed by atoms with E-state index in [1.54, 1.807) is 6.26 Å². The molecule has 1 aromatic rings. The molecule has 1 aliphatic heterocycles. The van der Waals surface area contributed by atoms with Crippen LogP contribution in [0.1, 0.15) is 37.5 Å². The first-order valence-corrected chi connectivity index (χ1v) is 5.80. The molecule has 2 rings (SSSR count). The zero-order valence-corrected chi connectivity index (χ0v) is 9.41. The largest absolute Gasteiger partial charge is 0.468 e. The second-order valence-electron chi connectivity index (χ2n) is 4.39. The summed E-state index contributed by atoms with van der Waals surface area (Å²) in [5.41, 5.74) is 6.88. The van der Waals surface area contributed by atoms with Crippen LogP contribution in [0.4, 0.5) is 0 Å². The van der Waals surface area contributed by atoms with Crippen molar-refractivity contribution in [1.82, 2.24) is 4.90 Å². The van der Waals surface area contributed by atoms with Gasteiger partial charge in [-0.1, -0.05) is 6.42 Å². The Balaban J connectivity index is 2.01. The van der Waals surface area contributed by atoms with Gasteiger partial charge in [0.1, 0.15) is 5.76 Å². The minimum Gasteiger partial charge on any atom is -0.468 e. The van der Waals surface area contributed by atoms with Gasteiger partial charge in [-0.25, -0.2) is 0 Å². The minimum absolute atomic E-state index is 0.505. The highest BCUT2D eigenvalue weighted by atomic mass is 16.3. The van der Waals surface area contributed by atoms with Gasteiger partial charge in [-0.2, -0.15) is 0 Å². The van der Waals surface area contributed by atoms with E-state index in [0.29, 0.717) is 12.6 Å². The Morgan fingerprint density at radius 1 is 1.53 bits per heavy atom. The van der Waals surface area contributed by atoms with Gasteiger partial charge in [-0.05, 0) is 32.4 Å². The summed E-state index contributed by atoms with van der Waals surface area (Å²) >= 11 is 0. The van der Waals surface area contributed by atoms with E-state index in [0.717, 1.165) is 12.3 Å². The molecule has 0 saturated carbocycles. The van der Waals surface area contributed by atoms with Gasteiger partial charge in [0.15, 0.2) is 0 Å². The number of nitrogens with zero attached hydrogens (tertiary/aromatic N) is 1. The van der Waals surface area contributed by atoms with Gasteiger partial charge >= 0.3 is 0 Å². The van der Waals surface area contributed by atoms with E-state index in [2.05, 4.69) is 11.8 Å². The average Bonchev–Trinajstić information content (AvgIpc) is 2.69. The normalized spacial score (nSPS) is 23.2. The van der Waals surface area contributed by atoms with Crippen LogP contribution in [-0.4, -0.2) is 17.5 Å². The van der Waals surface area contributed by atoms with Crippen molar-refractivity contribution in [2.75, 3.05) is 6.54 Å². The van der Waals surface area contributed by atoms with Gasteiger partial charge in [0.2, 0.25) is 0 Å². The fourth-order valence-corrected chi connectivity index (χ4v) is 2.30. The first-order valence-electron chi connectivity index (χ1n) is 5.80. The fraction of sp³-hybridized carbons (Fsp3) is 0.667. The summed E-state index contributed by atoms with van der Waals surface area (Å²) in [4.78, 5) is 2.52. The lowest BCUT2D eigenvalue weighted by atomic mass is 10.0. The maximum Gasteiger partial charge on any atom is 0.121 e. The molecule has 3 heteroatoms. The van der Waals surface area contributed by atoms with Crippen molar-refractivity contribution < 1.29 is 4.42 Å². The molecule has 0 aliphatic carbocycles. The monoisotopic (exact) mass is 208 g/mol. The highest BCUT2D eigenvalue weighted by Crippen LogP contribution is 2.21. The number of piperidine rings is 1. The van der Waals surface area contributed by atoms with E-state index in [1.807, 2.05) is 6.07 Å². The van der Waals surface area contributed by atoms with E-state index < -0.39 is 0 Å². The zero-order chi connectivity index (χ0) is 10.7. The number of furan rings is 1. The maximum atomic E-state index is 5.62. The van der Waals surface area contributed by atoms with Crippen LogP contribution in [0.3, 0.4) is 0 Å². The quantitative estimate of drug-likeness (QED) is 0.827. The molecule has 1 aliphatic rings. The number of hydrogen-bond donors (Lipinski definition) is 1. The molecule has 1 saturated heterocycles. The highest BCUT2D eigenvalue weighted by molar-refractivity contribution is 5.16. The molecule has 0 bridgehead atoms. The SMILES string of the molecule is CC1CCCCN1Cc1ccoc1CN.